The quantitative estimate of drug-likeness (QED) is 0.844. The van der Waals surface area contributed by atoms with Gasteiger partial charge in [0.2, 0.25) is 0 Å². The van der Waals surface area contributed by atoms with Gasteiger partial charge in [-0.25, -0.2) is 4.39 Å². The molecule has 1 saturated heterocycles. The molecule has 1 aromatic rings. The van der Waals surface area contributed by atoms with Crippen molar-refractivity contribution in [2.45, 2.75) is 32.1 Å². The fourth-order valence-corrected chi connectivity index (χ4v) is 3.69. The fraction of sp³-hybridized carbons (Fsp3) is 0.611. The Balaban J connectivity index is 1.59. The number of nitrogens with two attached hydrogens (primary N) is 1. The molecule has 1 aromatic carbocycles. The Hall–Kier alpha value is -1.46. The van der Waals surface area contributed by atoms with Crippen molar-refractivity contribution in [3.63, 3.8) is 0 Å². The van der Waals surface area contributed by atoms with Crippen LogP contribution in [0.5, 0.6) is 0 Å². The Kier molecular flexibility index (Phi) is 4.43. The third kappa shape index (κ3) is 3.56. The summed E-state index contributed by atoms with van der Waals surface area (Å²) in [5.41, 5.74) is 6.75. The van der Waals surface area contributed by atoms with Crippen molar-refractivity contribution in [2.75, 3.05) is 26.2 Å². The largest absolute Gasteiger partial charge is 0.481 e. The van der Waals surface area contributed by atoms with E-state index in [1.807, 2.05) is 12.1 Å². The minimum atomic E-state index is -0.653. The Morgan fingerprint density at radius 1 is 1.17 bits per heavy atom. The maximum absolute atomic E-state index is 13.0. The molecule has 4 nitrogen and oxygen atoms in total. The van der Waals surface area contributed by atoms with Crippen molar-refractivity contribution < 1.29 is 14.3 Å². The molecule has 0 aromatic heterocycles. The molecule has 23 heavy (non-hydrogen) atoms. The van der Waals surface area contributed by atoms with Crippen molar-refractivity contribution in [3.05, 3.63) is 35.6 Å². The van der Waals surface area contributed by atoms with Crippen molar-refractivity contribution in [1.29, 1.82) is 0 Å². The Morgan fingerprint density at radius 2 is 1.78 bits per heavy atom. The highest BCUT2D eigenvalue weighted by atomic mass is 19.1. The molecule has 0 spiro atoms. The van der Waals surface area contributed by atoms with Gasteiger partial charge in [-0.3, -0.25) is 4.79 Å². The fourth-order valence-electron chi connectivity index (χ4n) is 3.69. The first-order valence-corrected chi connectivity index (χ1v) is 8.37. The van der Waals surface area contributed by atoms with E-state index in [4.69, 9.17) is 5.73 Å². The van der Waals surface area contributed by atoms with Gasteiger partial charge < -0.3 is 15.7 Å². The average molecular weight is 320 g/mol. The van der Waals surface area contributed by atoms with Crippen LogP contribution in [0.15, 0.2) is 24.3 Å². The SMILES string of the molecule is NCC1(Cc2ccc(F)cc2)CCN(CC2(C(=O)O)CC2)CC1. The molecule has 0 amide bonds. The summed E-state index contributed by atoms with van der Waals surface area (Å²) < 4.78 is 13.0. The summed E-state index contributed by atoms with van der Waals surface area (Å²) in [4.78, 5) is 13.6. The van der Waals surface area contributed by atoms with Crippen LogP contribution in [0.3, 0.4) is 0 Å². The Morgan fingerprint density at radius 3 is 2.26 bits per heavy atom. The number of piperidine rings is 1. The van der Waals surface area contributed by atoms with Gasteiger partial charge in [-0.05, 0) is 74.8 Å². The van der Waals surface area contributed by atoms with Crippen LogP contribution < -0.4 is 5.73 Å². The minimum absolute atomic E-state index is 0.0499. The van der Waals surface area contributed by atoms with E-state index in [0.717, 1.165) is 50.8 Å². The number of halogens is 1. The summed E-state index contributed by atoms with van der Waals surface area (Å²) in [5, 5.41) is 9.32. The van der Waals surface area contributed by atoms with E-state index < -0.39 is 11.4 Å². The normalized spacial score (nSPS) is 22.7. The highest BCUT2D eigenvalue weighted by molar-refractivity contribution is 5.78. The van der Waals surface area contributed by atoms with Gasteiger partial charge in [-0.1, -0.05) is 12.1 Å². The molecule has 0 bridgehead atoms. The zero-order valence-electron chi connectivity index (χ0n) is 13.4. The van der Waals surface area contributed by atoms with Crippen LogP contribution >= 0.6 is 0 Å². The molecule has 3 rings (SSSR count). The predicted molar refractivity (Wildman–Crippen MR) is 86.6 cm³/mol. The van der Waals surface area contributed by atoms with Crippen LogP contribution in [-0.2, 0) is 11.2 Å². The maximum atomic E-state index is 13.0. The van der Waals surface area contributed by atoms with E-state index in [2.05, 4.69) is 4.90 Å². The third-order valence-corrected chi connectivity index (χ3v) is 5.68. The van der Waals surface area contributed by atoms with Gasteiger partial charge in [0, 0.05) is 6.54 Å². The van der Waals surface area contributed by atoms with Crippen molar-refractivity contribution in [1.82, 2.24) is 4.90 Å². The molecule has 2 fully saturated rings. The lowest BCUT2D eigenvalue weighted by Gasteiger charge is -2.42. The molecule has 3 N–H and O–H groups in total. The molecule has 0 atom stereocenters. The van der Waals surface area contributed by atoms with Crippen LogP contribution in [0, 0.1) is 16.6 Å². The molecule has 1 heterocycles. The van der Waals surface area contributed by atoms with Crippen LogP contribution in [0.25, 0.3) is 0 Å². The van der Waals surface area contributed by atoms with Crippen LogP contribution in [-0.4, -0.2) is 42.2 Å². The number of aliphatic carboxylic acids is 1. The Bertz CT molecular complexity index is 561. The van der Waals surface area contributed by atoms with Gasteiger partial charge in [-0.15, -0.1) is 0 Å². The zero-order valence-corrected chi connectivity index (χ0v) is 13.4. The number of nitrogens with zero attached hydrogens (tertiary/aromatic N) is 1. The zero-order chi connectivity index (χ0) is 16.5. The Labute approximate surface area is 136 Å². The third-order valence-electron chi connectivity index (χ3n) is 5.68. The molecule has 1 aliphatic carbocycles. The van der Waals surface area contributed by atoms with Gasteiger partial charge in [0.1, 0.15) is 5.82 Å². The van der Waals surface area contributed by atoms with Crippen LogP contribution in [0.1, 0.15) is 31.2 Å². The average Bonchev–Trinajstić information content (AvgIpc) is 3.33. The molecule has 1 aliphatic heterocycles. The van der Waals surface area contributed by atoms with Gasteiger partial charge >= 0.3 is 5.97 Å². The van der Waals surface area contributed by atoms with Gasteiger partial charge in [-0.2, -0.15) is 0 Å². The first kappa shape index (κ1) is 16.4. The summed E-state index contributed by atoms with van der Waals surface area (Å²) in [6.07, 6.45) is 4.40. The molecule has 0 radical (unpaired) electrons. The number of hydrogen-bond acceptors (Lipinski definition) is 3. The molecule has 1 saturated carbocycles. The van der Waals surface area contributed by atoms with E-state index in [0.29, 0.717) is 13.1 Å². The lowest BCUT2D eigenvalue weighted by Crippen LogP contribution is -2.47. The molecule has 2 aliphatic rings. The van der Waals surface area contributed by atoms with E-state index in [-0.39, 0.29) is 11.2 Å². The highest BCUT2D eigenvalue weighted by Gasteiger charge is 2.51. The summed E-state index contributed by atoms with van der Waals surface area (Å²) in [6, 6.07) is 6.67. The number of hydrogen-bond donors (Lipinski definition) is 2. The maximum Gasteiger partial charge on any atom is 0.310 e. The number of benzene rings is 1. The summed E-state index contributed by atoms with van der Waals surface area (Å²) >= 11 is 0. The second kappa shape index (κ2) is 6.21. The summed E-state index contributed by atoms with van der Waals surface area (Å²) in [5.74, 6) is -0.867. The molecular formula is C18H25FN2O2. The number of carboxylic acid groups (broad SMARTS) is 1. The van der Waals surface area contributed by atoms with E-state index in [1.54, 1.807) is 0 Å². The van der Waals surface area contributed by atoms with Gasteiger partial charge in [0.15, 0.2) is 0 Å². The second-order valence-electron chi connectivity index (χ2n) is 7.37. The summed E-state index contributed by atoms with van der Waals surface area (Å²) in [7, 11) is 0. The first-order chi connectivity index (χ1) is 11.0. The van der Waals surface area contributed by atoms with Crippen LogP contribution in [0.4, 0.5) is 4.39 Å². The highest BCUT2D eigenvalue weighted by Crippen LogP contribution is 2.47. The van der Waals surface area contributed by atoms with E-state index in [9.17, 15) is 14.3 Å². The van der Waals surface area contributed by atoms with Crippen molar-refractivity contribution in [3.8, 4) is 0 Å². The second-order valence-corrected chi connectivity index (χ2v) is 7.37. The number of likely N-dealkylation sites (tertiary alicyclic amines) is 1. The monoisotopic (exact) mass is 320 g/mol. The van der Waals surface area contributed by atoms with Crippen molar-refractivity contribution >= 4 is 5.97 Å². The predicted octanol–water partition coefficient (Wildman–Crippen LogP) is 2.27. The smallest absolute Gasteiger partial charge is 0.310 e. The van der Waals surface area contributed by atoms with Crippen molar-refractivity contribution in [2.24, 2.45) is 16.6 Å². The lowest BCUT2D eigenvalue weighted by molar-refractivity contribution is -0.144. The van der Waals surface area contributed by atoms with Gasteiger partial charge in [0.05, 0.1) is 5.41 Å². The first-order valence-electron chi connectivity index (χ1n) is 8.37. The van der Waals surface area contributed by atoms with Gasteiger partial charge in [0.25, 0.3) is 0 Å². The van der Waals surface area contributed by atoms with Crippen LogP contribution in [0.2, 0.25) is 0 Å². The number of carbonyl (C=O) groups is 1. The number of rotatable bonds is 6. The minimum Gasteiger partial charge on any atom is -0.481 e. The topological polar surface area (TPSA) is 66.6 Å². The molecule has 126 valence electrons. The lowest BCUT2D eigenvalue weighted by atomic mass is 9.73. The number of carboxylic acids is 1. The molecule has 0 unspecified atom stereocenters. The van der Waals surface area contributed by atoms with E-state index in [1.165, 1.54) is 12.1 Å². The molecule has 5 heteroatoms. The molecular weight excluding hydrogens is 295 g/mol. The summed E-state index contributed by atoms with van der Waals surface area (Å²) in [6.45, 7) is 3.07. The standard InChI is InChI=1S/C18H25FN2O2/c19-15-3-1-14(2-4-15)11-17(12-20)7-9-21(10-8-17)13-18(5-6-18)16(22)23/h1-4H,5-13,20H2,(H,22,23). The van der Waals surface area contributed by atoms with E-state index >= 15 is 0 Å².